The van der Waals surface area contributed by atoms with Crippen LogP contribution in [0.5, 0.6) is 0 Å². The summed E-state index contributed by atoms with van der Waals surface area (Å²) in [5.41, 5.74) is 0.946. The van der Waals surface area contributed by atoms with E-state index in [-0.39, 0.29) is 12.0 Å². The van der Waals surface area contributed by atoms with Gasteiger partial charge in [0, 0.05) is 19.7 Å². The van der Waals surface area contributed by atoms with Crippen molar-refractivity contribution in [1.29, 1.82) is 0 Å². The van der Waals surface area contributed by atoms with Crippen molar-refractivity contribution in [2.24, 2.45) is 0 Å². The summed E-state index contributed by atoms with van der Waals surface area (Å²) in [6, 6.07) is 3.71. The van der Waals surface area contributed by atoms with E-state index in [1.54, 1.807) is 12.3 Å². The Kier molecular flexibility index (Phi) is 5.31. The summed E-state index contributed by atoms with van der Waals surface area (Å²) in [5.74, 6) is 0.451. The first-order chi connectivity index (χ1) is 9.65. The number of nitrogens with zero attached hydrogens (tertiary/aromatic N) is 2. The van der Waals surface area contributed by atoms with Crippen molar-refractivity contribution in [1.82, 2.24) is 9.88 Å². The first-order valence-electron chi connectivity index (χ1n) is 6.92. The predicted molar refractivity (Wildman–Crippen MR) is 78.9 cm³/mol. The molecule has 0 spiro atoms. The third-order valence-corrected chi connectivity index (χ3v) is 3.13. The Hall–Kier alpha value is -1.66. The molecular formula is C14H22N4O2. The molecular weight excluding hydrogens is 256 g/mol. The van der Waals surface area contributed by atoms with Crippen LogP contribution in [0.3, 0.4) is 0 Å². The van der Waals surface area contributed by atoms with Gasteiger partial charge in [-0.25, -0.2) is 4.98 Å². The minimum atomic E-state index is -0.324. The Labute approximate surface area is 119 Å². The quantitative estimate of drug-likeness (QED) is 0.818. The van der Waals surface area contributed by atoms with Gasteiger partial charge in [-0.05, 0) is 39.1 Å². The fourth-order valence-corrected chi connectivity index (χ4v) is 1.99. The van der Waals surface area contributed by atoms with Crippen molar-refractivity contribution in [3.05, 3.63) is 18.3 Å². The van der Waals surface area contributed by atoms with E-state index < -0.39 is 0 Å². The van der Waals surface area contributed by atoms with Gasteiger partial charge in [-0.3, -0.25) is 4.79 Å². The van der Waals surface area contributed by atoms with Crippen molar-refractivity contribution in [2.45, 2.75) is 18.9 Å². The second-order valence-electron chi connectivity index (χ2n) is 5.15. The first kappa shape index (κ1) is 14.7. The molecule has 1 atom stereocenters. The number of anilines is 2. The molecule has 0 aromatic carbocycles. The van der Waals surface area contributed by atoms with E-state index in [9.17, 15) is 4.79 Å². The molecule has 2 heterocycles. The third-order valence-electron chi connectivity index (χ3n) is 3.13. The van der Waals surface area contributed by atoms with Gasteiger partial charge in [0.25, 0.3) is 5.91 Å². The van der Waals surface area contributed by atoms with Crippen LogP contribution in [0, 0.1) is 0 Å². The SMILES string of the molecule is CN(C)CCNc1ccc(NC(=O)C2CCCO2)nc1. The molecule has 0 radical (unpaired) electrons. The predicted octanol–water partition coefficient (Wildman–Crippen LogP) is 1.17. The number of hydrogen-bond donors (Lipinski definition) is 2. The fourth-order valence-electron chi connectivity index (χ4n) is 1.99. The summed E-state index contributed by atoms with van der Waals surface area (Å²) in [6.07, 6.45) is 3.13. The Bertz CT molecular complexity index is 427. The van der Waals surface area contributed by atoms with E-state index in [0.29, 0.717) is 12.4 Å². The molecule has 1 amide bonds. The zero-order chi connectivity index (χ0) is 14.4. The lowest BCUT2D eigenvalue weighted by molar-refractivity contribution is -0.124. The standard InChI is InChI=1S/C14H22N4O2/c1-18(2)8-7-15-11-5-6-13(16-10-11)17-14(19)12-4-3-9-20-12/h5-6,10,12,15H,3-4,7-9H2,1-2H3,(H,16,17,19). The fraction of sp³-hybridized carbons (Fsp3) is 0.571. The molecule has 0 bridgehead atoms. The van der Waals surface area contributed by atoms with Gasteiger partial charge in [0.15, 0.2) is 0 Å². The van der Waals surface area contributed by atoms with Gasteiger partial charge in [-0.2, -0.15) is 0 Å². The number of rotatable bonds is 6. The normalized spacial score (nSPS) is 18.2. The highest BCUT2D eigenvalue weighted by Crippen LogP contribution is 2.15. The van der Waals surface area contributed by atoms with Crippen LogP contribution in [0.4, 0.5) is 11.5 Å². The maximum Gasteiger partial charge on any atom is 0.254 e. The van der Waals surface area contributed by atoms with Crippen LogP contribution in [0.15, 0.2) is 18.3 Å². The molecule has 1 aliphatic heterocycles. The van der Waals surface area contributed by atoms with Crippen LogP contribution in [-0.4, -0.2) is 55.7 Å². The minimum absolute atomic E-state index is 0.108. The van der Waals surface area contributed by atoms with Crippen LogP contribution < -0.4 is 10.6 Å². The van der Waals surface area contributed by atoms with Gasteiger partial charge in [-0.1, -0.05) is 0 Å². The summed E-state index contributed by atoms with van der Waals surface area (Å²) < 4.78 is 5.33. The molecule has 1 fully saturated rings. The molecule has 1 aliphatic rings. The van der Waals surface area contributed by atoms with E-state index in [2.05, 4.69) is 20.5 Å². The molecule has 6 heteroatoms. The van der Waals surface area contributed by atoms with Crippen molar-refractivity contribution in [2.75, 3.05) is 44.4 Å². The molecule has 6 nitrogen and oxygen atoms in total. The average Bonchev–Trinajstić information content (AvgIpc) is 2.94. The molecule has 1 aromatic rings. The lowest BCUT2D eigenvalue weighted by atomic mass is 10.2. The van der Waals surface area contributed by atoms with E-state index in [4.69, 9.17) is 4.74 Å². The van der Waals surface area contributed by atoms with Gasteiger partial charge < -0.3 is 20.3 Å². The van der Waals surface area contributed by atoms with Crippen molar-refractivity contribution in [3.8, 4) is 0 Å². The monoisotopic (exact) mass is 278 g/mol. The van der Waals surface area contributed by atoms with Gasteiger partial charge in [0.05, 0.1) is 11.9 Å². The smallest absolute Gasteiger partial charge is 0.254 e. The van der Waals surface area contributed by atoms with Crippen LogP contribution in [0.25, 0.3) is 0 Å². The Balaban J connectivity index is 1.80. The summed E-state index contributed by atoms with van der Waals surface area (Å²) in [7, 11) is 4.06. The van der Waals surface area contributed by atoms with Gasteiger partial charge in [0.1, 0.15) is 11.9 Å². The number of aromatic nitrogens is 1. The van der Waals surface area contributed by atoms with Crippen LogP contribution in [0.2, 0.25) is 0 Å². The highest BCUT2D eigenvalue weighted by atomic mass is 16.5. The second-order valence-corrected chi connectivity index (χ2v) is 5.15. The van der Waals surface area contributed by atoms with Gasteiger partial charge in [-0.15, -0.1) is 0 Å². The number of hydrogen-bond acceptors (Lipinski definition) is 5. The van der Waals surface area contributed by atoms with Crippen LogP contribution in [-0.2, 0) is 9.53 Å². The zero-order valence-corrected chi connectivity index (χ0v) is 12.1. The molecule has 0 aliphatic carbocycles. The lowest BCUT2D eigenvalue weighted by Crippen LogP contribution is -2.27. The summed E-state index contributed by atoms with van der Waals surface area (Å²) in [5, 5.41) is 6.04. The molecule has 1 aromatic heterocycles. The van der Waals surface area contributed by atoms with E-state index in [1.165, 1.54) is 0 Å². The third kappa shape index (κ3) is 4.47. The lowest BCUT2D eigenvalue weighted by Gasteiger charge is -2.12. The number of pyridine rings is 1. The van der Waals surface area contributed by atoms with E-state index in [1.807, 2.05) is 20.2 Å². The van der Waals surface area contributed by atoms with E-state index >= 15 is 0 Å². The number of carbonyl (C=O) groups excluding carboxylic acids is 1. The van der Waals surface area contributed by atoms with Crippen LogP contribution in [0.1, 0.15) is 12.8 Å². The summed E-state index contributed by atoms with van der Waals surface area (Å²) in [4.78, 5) is 18.2. The second kappa shape index (κ2) is 7.21. The molecule has 1 saturated heterocycles. The van der Waals surface area contributed by atoms with Crippen molar-refractivity contribution in [3.63, 3.8) is 0 Å². The zero-order valence-electron chi connectivity index (χ0n) is 12.1. The Morgan fingerprint density at radius 3 is 2.95 bits per heavy atom. The molecule has 2 N–H and O–H groups in total. The number of nitrogens with one attached hydrogen (secondary N) is 2. The molecule has 2 rings (SSSR count). The van der Waals surface area contributed by atoms with Crippen LogP contribution >= 0.6 is 0 Å². The van der Waals surface area contributed by atoms with Crippen molar-refractivity contribution >= 4 is 17.4 Å². The topological polar surface area (TPSA) is 66.5 Å². The Morgan fingerprint density at radius 2 is 2.35 bits per heavy atom. The number of carbonyl (C=O) groups is 1. The molecule has 0 saturated carbocycles. The first-order valence-corrected chi connectivity index (χ1v) is 6.92. The Morgan fingerprint density at radius 1 is 1.50 bits per heavy atom. The maximum absolute atomic E-state index is 11.8. The minimum Gasteiger partial charge on any atom is -0.383 e. The number of amides is 1. The highest BCUT2D eigenvalue weighted by Gasteiger charge is 2.23. The van der Waals surface area contributed by atoms with Gasteiger partial charge >= 0.3 is 0 Å². The van der Waals surface area contributed by atoms with Gasteiger partial charge in [0.2, 0.25) is 0 Å². The molecule has 20 heavy (non-hydrogen) atoms. The number of ether oxygens (including phenoxy) is 1. The largest absolute Gasteiger partial charge is 0.383 e. The average molecular weight is 278 g/mol. The van der Waals surface area contributed by atoms with E-state index in [0.717, 1.165) is 31.6 Å². The summed E-state index contributed by atoms with van der Waals surface area (Å²) >= 11 is 0. The van der Waals surface area contributed by atoms with Crippen molar-refractivity contribution < 1.29 is 9.53 Å². The molecule has 110 valence electrons. The number of likely N-dealkylation sites (N-methyl/N-ethyl adjacent to an activating group) is 1. The highest BCUT2D eigenvalue weighted by molar-refractivity contribution is 5.93. The maximum atomic E-state index is 11.8. The summed E-state index contributed by atoms with van der Waals surface area (Å²) in [6.45, 7) is 2.48. The molecule has 1 unspecified atom stereocenters.